The number of hydrogen-bond donors (Lipinski definition) is 1. The predicted molar refractivity (Wildman–Crippen MR) is 105 cm³/mol. The molecule has 0 radical (unpaired) electrons. The first-order valence-corrected chi connectivity index (χ1v) is 8.89. The lowest BCUT2D eigenvalue weighted by Gasteiger charge is -2.35. The number of rotatable bonds is 5. The predicted octanol–water partition coefficient (Wildman–Crippen LogP) is 2.80. The van der Waals surface area contributed by atoms with Gasteiger partial charge < -0.3 is 14.6 Å². The van der Waals surface area contributed by atoms with Crippen molar-refractivity contribution >= 4 is 22.8 Å². The van der Waals surface area contributed by atoms with E-state index >= 15 is 0 Å². The van der Waals surface area contributed by atoms with Crippen LogP contribution in [0.15, 0.2) is 49.1 Å². The number of anilines is 1. The molecule has 3 heterocycles. The van der Waals surface area contributed by atoms with Crippen molar-refractivity contribution in [3.8, 4) is 5.75 Å². The van der Waals surface area contributed by atoms with Gasteiger partial charge in [0.1, 0.15) is 6.33 Å². The molecule has 0 amide bonds. The second-order valence-electron chi connectivity index (χ2n) is 6.39. The summed E-state index contributed by atoms with van der Waals surface area (Å²) in [7, 11) is 1.66. The van der Waals surface area contributed by atoms with Gasteiger partial charge in [-0.15, -0.1) is 0 Å². The number of nitrogens with zero attached hydrogens (tertiary/aromatic N) is 4. The fourth-order valence-corrected chi connectivity index (χ4v) is 3.39. The van der Waals surface area contributed by atoms with E-state index in [1.54, 1.807) is 19.6 Å². The number of aromatic nitrogens is 3. The summed E-state index contributed by atoms with van der Waals surface area (Å²) in [4.78, 5) is 16.4. The largest absolute Gasteiger partial charge is 0.491 e. The molecule has 6 heteroatoms. The van der Waals surface area contributed by atoms with Crippen molar-refractivity contribution in [3.63, 3.8) is 0 Å². The van der Waals surface area contributed by atoms with E-state index in [1.165, 1.54) is 16.5 Å². The van der Waals surface area contributed by atoms with E-state index in [0.29, 0.717) is 0 Å². The number of ether oxygens (including phenoxy) is 1. The Hall–Kier alpha value is -2.86. The van der Waals surface area contributed by atoms with E-state index < -0.39 is 0 Å². The molecule has 26 heavy (non-hydrogen) atoms. The van der Waals surface area contributed by atoms with Crippen LogP contribution in [0.1, 0.15) is 5.56 Å². The Balaban J connectivity index is 1.34. The van der Waals surface area contributed by atoms with Gasteiger partial charge in [-0.3, -0.25) is 4.90 Å². The normalized spacial score (nSPS) is 15.8. The van der Waals surface area contributed by atoms with Crippen LogP contribution in [-0.2, 0) is 0 Å². The van der Waals surface area contributed by atoms with E-state index in [2.05, 4.69) is 67.4 Å². The first-order chi connectivity index (χ1) is 12.8. The number of aromatic amines is 1. The highest BCUT2D eigenvalue weighted by atomic mass is 16.5. The molecule has 1 aliphatic rings. The molecule has 6 nitrogen and oxygen atoms in total. The lowest BCUT2D eigenvalue weighted by Crippen LogP contribution is -2.46. The molecule has 0 bridgehead atoms. The van der Waals surface area contributed by atoms with Crippen molar-refractivity contribution in [2.24, 2.45) is 0 Å². The second-order valence-corrected chi connectivity index (χ2v) is 6.39. The molecule has 1 saturated heterocycles. The molecule has 0 aliphatic carbocycles. The molecule has 0 saturated carbocycles. The number of H-pyrrole nitrogens is 1. The fraction of sp³-hybridized carbons (Fsp3) is 0.300. The first-order valence-electron chi connectivity index (χ1n) is 8.89. The zero-order chi connectivity index (χ0) is 17.8. The van der Waals surface area contributed by atoms with Crippen molar-refractivity contribution < 1.29 is 4.74 Å². The summed E-state index contributed by atoms with van der Waals surface area (Å²) in [5.41, 5.74) is 2.42. The molecule has 0 unspecified atom stereocenters. The smallest absolute Gasteiger partial charge is 0.179 e. The summed E-state index contributed by atoms with van der Waals surface area (Å²) < 4.78 is 5.37. The Morgan fingerprint density at radius 3 is 2.88 bits per heavy atom. The number of piperazine rings is 1. The summed E-state index contributed by atoms with van der Waals surface area (Å²) in [5.74, 6) is 1.62. The molecule has 2 aromatic heterocycles. The van der Waals surface area contributed by atoms with Gasteiger partial charge in [0, 0.05) is 49.8 Å². The van der Waals surface area contributed by atoms with Crippen molar-refractivity contribution in [1.82, 2.24) is 19.9 Å². The van der Waals surface area contributed by atoms with Crippen LogP contribution in [0.3, 0.4) is 0 Å². The molecular formula is C20H23N5O. The minimum absolute atomic E-state index is 0.736. The van der Waals surface area contributed by atoms with Crippen molar-refractivity contribution in [2.75, 3.05) is 44.7 Å². The molecule has 3 aromatic rings. The Kier molecular flexibility index (Phi) is 4.84. The van der Waals surface area contributed by atoms with Crippen LogP contribution in [0.4, 0.5) is 5.82 Å². The molecule has 1 N–H and O–H groups in total. The molecule has 0 atom stereocenters. The van der Waals surface area contributed by atoms with Crippen LogP contribution in [0.5, 0.6) is 5.75 Å². The maximum Gasteiger partial charge on any atom is 0.179 e. The highest BCUT2D eigenvalue weighted by molar-refractivity contribution is 5.88. The third-order valence-electron chi connectivity index (χ3n) is 4.83. The monoisotopic (exact) mass is 349 g/mol. The van der Waals surface area contributed by atoms with Gasteiger partial charge >= 0.3 is 0 Å². The summed E-state index contributed by atoms with van der Waals surface area (Å²) >= 11 is 0. The maximum atomic E-state index is 5.37. The number of hydrogen-bond acceptors (Lipinski definition) is 5. The Morgan fingerprint density at radius 2 is 2.04 bits per heavy atom. The zero-order valence-corrected chi connectivity index (χ0v) is 14.9. The van der Waals surface area contributed by atoms with Crippen LogP contribution in [0, 0.1) is 0 Å². The summed E-state index contributed by atoms with van der Waals surface area (Å²) in [6.45, 7) is 4.84. The highest BCUT2D eigenvalue weighted by Gasteiger charge is 2.20. The Bertz CT molecular complexity index is 896. The maximum absolute atomic E-state index is 5.37. The minimum atomic E-state index is 0.736. The first kappa shape index (κ1) is 16.6. The zero-order valence-electron chi connectivity index (χ0n) is 14.9. The SMILES string of the molecule is COc1cncnc1N1CCN(C/C=C/c2c[nH]c3ccccc23)CC1. The van der Waals surface area contributed by atoms with Gasteiger partial charge in [0.2, 0.25) is 0 Å². The van der Waals surface area contributed by atoms with Crippen LogP contribution in [0.25, 0.3) is 17.0 Å². The minimum Gasteiger partial charge on any atom is -0.491 e. The summed E-state index contributed by atoms with van der Waals surface area (Å²) in [6, 6.07) is 8.39. The van der Waals surface area contributed by atoms with Gasteiger partial charge in [0.05, 0.1) is 13.3 Å². The second kappa shape index (κ2) is 7.58. The topological polar surface area (TPSA) is 57.3 Å². The number of methoxy groups -OCH3 is 1. The lowest BCUT2D eigenvalue weighted by atomic mass is 10.1. The molecule has 1 aliphatic heterocycles. The van der Waals surface area contributed by atoms with Gasteiger partial charge in [0.25, 0.3) is 0 Å². The van der Waals surface area contributed by atoms with Crippen LogP contribution >= 0.6 is 0 Å². The van der Waals surface area contributed by atoms with Gasteiger partial charge in [-0.1, -0.05) is 30.4 Å². The van der Waals surface area contributed by atoms with E-state index in [0.717, 1.165) is 44.3 Å². The van der Waals surface area contributed by atoms with E-state index in [9.17, 15) is 0 Å². The number of nitrogens with one attached hydrogen (secondary N) is 1. The number of para-hydroxylation sites is 1. The Morgan fingerprint density at radius 1 is 1.19 bits per heavy atom. The lowest BCUT2D eigenvalue weighted by molar-refractivity contribution is 0.282. The van der Waals surface area contributed by atoms with Crippen LogP contribution in [-0.4, -0.2) is 59.7 Å². The van der Waals surface area contributed by atoms with E-state index in [4.69, 9.17) is 4.74 Å². The average molecular weight is 349 g/mol. The summed E-state index contributed by atoms with van der Waals surface area (Å²) in [6.07, 6.45) is 9.82. The Labute approximate surface area is 153 Å². The van der Waals surface area contributed by atoms with E-state index in [-0.39, 0.29) is 0 Å². The third-order valence-corrected chi connectivity index (χ3v) is 4.83. The number of benzene rings is 1. The molecule has 1 fully saturated rings. The van der Waals surface area contributed by atoms with Crippen molar-refractivity contribution in [1.29, 1.82) is 0 Å². The summed E-state index contributed by atoms with van der Waals surface area (Å²) in [5, 5.41) is 1.27. The molecule has 0 spiro atoms. The van der Waals surface area contributed by atoms with Gasteiger partial charge in [-0.25, -0.2) is 9.97 Å². The van der Waals surface area contributed by atoms with E-state index in [1.807, 2.05) is 0 Å². The quantitative estimate of drug-likeness (QED) is 0.768. The highest BCUT2D eigenvalue weighted by Crippen LogP contribution is 2.24. The van der Waals surface area contributed by atoms with Crippen molar-refractivity contribution in [3.05, 3.63) is 54.6 Å². The van der Waals surface area contributed by atoms with Gasteiger partial charge in [-0.2, -0.15) is 0 Å². The molecular weight excluding hydrogens is 326 g/mol. The molecule has 1 aromatic carbocycles. The standard InChI is InChI=1S/C20H23N5O/c1-26-19-14-21-15-23-20(19)25-11-9-24(10-12-25)8-4-5-16-13-22-18-7-3-2-6-17(16)18/h2-7,13-15,22H,8-12H2,1H3/b5-4+. The van der Waals surface area contributed by atoms with Gasteiger partial charge in [-0.05, 0) is 11.6 Å². The van der Waals surface area contributed by atoms with Crippen molar-refractivity contribution in [2.45, 2.75) is 0 Å². The van der Waals surface area contributed by atoms with Crippen LogP contribution < -0.4 is 9.64 Å². The average Bonchev–Trinajstić information content (AvgIpc) is 3.12. The van der Waals surface area contributed by atoms with Gasteiger partial charge in [0.15, 0.2) is 11.6 Å². The third kappa shape index (κ3) is 3.41. The molecule has 4 rings (SSSR count). The molecule has 134 valence electrons. The van der Waals surface area contributed by atoms with Crippen LogP contribution in [0.2, 0.25) is 0 Å². The fourth-order valence-electron chi connectivity index (χ4n) is 3.39. The number of fused-ring (bicyclic) bond motifs is 1.